The van der Waals surface area contributed by atoms with Gasteiger partial charge in [0.15, 0.2) is 0 Å². The number of aromatic nitrogens is 3. The first-order chi connectivity index (χ1) is 16.9. The van der Waals surface area contributed by atoms with E-state index in [2.05, 4.69) is 39.1 Å². The highest BCUT2D eigenvalue weighted by Crippen LogP contribution is 2.26. The number of piperazine rings is 1. The molecular formula is C25H30N6O3S. The molecule has 9 nitrogen and oxygen atoms in total. The molecule has 10 heteroatoms. The highest BCUT2D eigenvalue weighted by molar-refractivity contribution is 7.13. The smallest absolute Gasteiger partial charge is 0.316 e. The van der Waals surface area contributed by atoms with Gasteiger partial charge in [-0.25, -0.2) is 4.98 Å². The first kappa shape index (κ1) is 23.5. The molecule has 184 valence electrons. The lowest BCUT2D eigenvalue weighted by molar-refractivity contribution is 0.0510. The number of amides is 2. The minimum Gasteiger partial charge on any atom is -0.372 e. The molecule has 2 amide bonds. The van der Waals surface area contributed by atoms with Crippen molar-refractivity contribution in [2.24, 2.45) is 5.92 Å². The molecule has 0 saturated carbocycles. The van der Waals surface area contributed by atoms with E-state index in [1.807, 2.05) is 26.0 Å². The molecule has 1 aromatic carbocycles. The minimum absolute atomic E-state index is 0.0252. The molecule has 2 aromatic heterocycles. The van der Waals surface area contributed by atoms with Crippen LogP contribution in [0.3, 0.4) is 0 Å². The summed E-state index contributed by atoms with van der Waals surface area (Å²) < 4.78 is 5.30. The fourth-order valence-corrected chi connectivity index (χ4v) is 5.52. The minimum atomic E-state index is -0.306. The number of carbonyl (C=O) groups is 2. The molecule has 2 saturated heterocycles. The van der Waals surface area contributed by atoms with Crippen molar-refractivity contribution < 1.29 is 14.1 Å². The van der Waals surface area contributed by atoms with Crippen molar-refractivity contribution in [1.82, 2.24) is 24.9 Å². The summed E-state index contributed by atoms with van der Waals surface area (Å²) in [7, 11) is 0. The van der Waals surface area contributed by atoms with Crippen LogP contribution in [0.5, 0.6) is 0 Å². The molecule has 35 heavy (non-hydrogen) atoms. The number of piperidine rings is 1. The van der Waals surface area contributed by atoms with Gasteiger partial charge in [-0.1, -0.05) is 12.1 Å². The Bertz CT molecular complexity index is 1200. The quantitative estimate of drug-likeness (QED) is 0.546. The highest BCUT2D eigenvalue weighted by atomic mass is 32.1. The third-order valence-electron chi connectivity index (χ3n) is 6.84. The second kappa shape index (κ2) is 9.77. The molecule has 4 heterocycles. The predicted octanol–water partition coefficient (Wildman–Crippen LogP) is 3.64. The number of hydrogen-bond acceptors (Lipinski definition) is 8. The molecule has 0 radical (unpaired) electrons. The van der Waals surface area contributed by atoms with Crippen LogP contribution in [0.25, 0.3) is 11.4 Å². The maximum absolute atomic E-state index is 12.9. The number of thiazole rings is 1. The Balaban J connectivity index is 1.19. The lowest BCUT2D eigenvalue weighted by atomic mass is 9.98. The second-order valence-corrected chi connectivity index (χ2v) is 10.6. The van der Waals surface area contributed by atoms with Gasteiger partial charge in [0.1, 0.15) is 4.88 Å². The lowest BCUT2D eigenvalue weighted by Gasteiger charge is -2.33. The largest absolute Gasteiger partial charge is 0.372 e. The Kier molecular flexibility index (Phi) is 6.55. The maximum atomic E-state index is 12.9. The van der Waals surface area contributed by atoms with Gasteiger partial charge in [0, 0.05) is 50.5 Å². The van der Waals surface area contributed by atoms with Crippen molar-refractivity contribution in [2.75, 3.05) is 44.2 Å². The Morgan fingerprint density at radius 1 is 0.914 bits per heavy atom. The Morgan fingerprint density at radius 2 is 1.54 bits per heavy atom. The number of nitrogens with zero attached hydrogens (tertiary/aromatic N) is 6. The molecule has 2 aliphatic heterocycles. The van der Waals surface area contributed by atoms with E-state index in [0.29, 0.717) is 36.9 Å². The zero-order valence-electron chi connectivity index (χ0n) is 20.4. The van der Waals surface area contributed by atoms with Crippen LogP contribution < -0.4 is 4.90 Å². The van der Waals surface area contributed by atoms with E-state index in [1.165, 1.54) is 29.9 Å². The Hall–Kier alpha value is -3.27. The third-order valence-corrected chi connectivity index (χ3v) is 7.90. The summed E-state index contributed by atoms with van der Waals surface area (Å²) in [5.41, 5.74) is 2.76. The van der Waals surface area contributed by atoms with Gasteiger partial charge in [-0.3, -0.25) is 9.59 Å². The van der Waals surface area contributed by atoms with Gasteiger partial charge in [0.25, 0.3) is 5.91 Å². The standard InChI is InChI=1S/C25H30N6O3S/c1-16-8-10-29(11-9-16)20-6-4-19(5-7-20)22-27-23(34-28-22)25(33)31-14-12-30(13-15-31)24(32)21-17(2)26-18(3)35-21/h4-7,16H,8-15H2,1-3H3. The second-order valence-electron chi connectivity index (χ2n) is 9.37. The van der Waals surface area contributed by atoms with Crippen molar-refractivity contribution in [3.63, 3.8) is 0 Å². The molecule has 0 atom stereocenters. The summed E-state index contributed by atoms with van der Waals surface area (Å²) in [6.45, 7) is 9.95. The van der Waals surface area contributed by atoms with Gasteiger partial charge in [-0.05, 0) is 56.9 Å². The van der Waals surface area contributed by atoms with E-state index in [-0.39, 0.29) is 17.7 Å². The van der Waals surface area contributed by atoms with Crippen LogP contribution >= 0.6 is 11.3 Å². The highest BCUT2D eigenvalue weighted by Gasteiger charge is 2.30. The van der Waals surface area contributed by atoms with Crippen molar-refractivity contribution in [3.05, 3.63) is 45.7 Å². The maximum Gasteiger partial charge on any atom is 0.316 e. The molecule has 5 rings (SSSR count). The normalized spacial score (nSPS) is 17.2. The molecule has 0 bridgehead atoms. The fourth-order valence-electron chi connectivity index (χ4n) is 4.64. The lowest BCUT2D eigenvalue weighted by Crippen LogP contribution is -2.50. The van der Waals surface area contributed by atoms with Crippen LogP contribution in [0.2, 0.25) is 0 Å². The molecule has 2 fully saturated rings. The van der Waals surface area contributed by atoms with Crippen molar-refractivity contribution >= 4 is 28.8 Å². The topological polar surface area (TPSA) is 95.7 Å². The number of hydrogen-bond donors (Lipinski definition) is 0. The van der Waals surface area contributed by atoms with Gasteiger partial charge in [-0.15, -0.1) is 11.3 Å². The third kappa shape index (κ3) is 4.93. The van der Waals surface area contributed by atoms with Crippen LogP contribution in [0.4, 0.5) is 5.69 Å². The van der Waals surface area contributed by atoms with Crippen molar-refractivity contribution in [2.45, 2.75) is 33.6 Å². The van der Waals surface area contributed by atoms with Crippen LogP contribution in [0.1, 0.15) is 50.8 Å². The van der Waals surface area contributed by atoms with Gasteiger partial charge >= 0.3 is 11.8 Å². The van der Waals surface area contributed by atoms with E-state index < -0.39 is 0 Å². The van der Waals surface area contributed by atoms with E-state index in [9.17, 15) is 9.59 Å². The van der Waals surface area contributed by atoms with E-state index in [4.69, 9.17) is 4.52 Å². The van der Waals surface area contributed by atoms with Crippen LogP contribution in [0, 0.1) is 19.8 Å². The number of anilines is 1. The van der Waals surface area contributed by atoms with Crippen molar-refractivity contribution in [3.8, 4) is 11.4 Å². The first-order valence-corrected chi connectivity index (χ1v) is 12.9. The number of carbonyl (C=O) groups excluding carboxylic acids is 2. The number of benzene rings is 1. The Labute approximate surface area is 208 Å². The average molecular weight is 495 g/mol. The Morgan fingerprint density at radius 3 is 2.14 bits per heavy atom. The van der Waals surface area contributed by atoms with Crippen LogP contribution in [-0.4, -0.2) is 76.0 Å². The SMILES string of the molecule is Cc1nc(C)c(C(=O)N2CCN(C(=O)c3nc(-c4ccc(N5CCC(C)CC5)cc4)no3)CC2)s1. The van der Waals surface area contributed by atoms with E-state index in [1.54, 1.807) is 9.80 Å². The molecular weight excluding hydrogens is 464 g/mol. The van der Waals surface area contributed by atoms with Gasteiger partial charge in [0.05, 0.1) is 10.7 Å². The van der Waals surface area contributed by atoms with Gasteiger partial charge in [0.2, 0.25) is 5.82 Å². The molecule has 0 aliphatic carbocycles. The predicted molar refractivity (Wildman–Crippen MR) is 134 cm³/mol. The summed E-state index contributed by atoms with van der Waals surface area (Å²) in [4.78, 5) is 41.0. The van der Waals surface area contributed by atoms with Gasteiger partial charge in [-0.2, -0.15) is 4.98 Å². The molecule has 3 aromatic rings. The summed E-state index contributed by atoms with van der Waals surface area (Å²) in [5, 5.41) is 4.91. The molecule has 2 aliphatic rings. The van der Waals surface area contributed by atoms with Gasteiger partial charge < -0.3 is 19.2 Å². The summed E-state index contributed by atoms with van der Waals surface area (Å²) in [6.07, 6.45) is 2.43. The summed E-state index contributed by atoms with van der Waals surface area (Å²) in [5.74, 6) is 0.832. The fraction of sp³-hybridized carbons (Fsp3) is 0.480. The van der Waals surface area contributed by atoms with Crippen LogP contribution in [-0.2, 0) is 0 Å². The molecule has 0 unspecified atom stereocenters. The first-order valence-electron chi connectivity index (χ1n) is 12.1. The number of rotatable bonds is 4. The average Bonchev–Trinajstić information content (AvgIpc) is 3.50. The molecule has 0 N–H and O–H groups in total. The summed E-state index contributed by atoms with van der Waals surface area (Å²) in [6, 6.07) is 8.09. The zero-order chi connectivity index (χ0) is 24.5. The number of aryl methyl sites for hydroxylation is 2. The molecule has 0 spiro atoms. The zero-order valence-corrected chi connectivity index (χ0v) is 21.2. The van der Waals surface area contributed by atoms with E-state index >= 15 is 0 Å². The monoisotopic (exact) mass is 494 g/mol. The van der Waals surface area contributed by atoms with Crippen molar-refractivity contribution in [1.29, 1.82) is 0 Å². The van der Waals surface area contributed by atoms with E-state index in [0.717, 1.165) is 35.3 Å². The summed E-state index contributed by atoms with van der Waals surface area (Å²) >= 11 is 1.41. The van der Waals surface area contributed by atoms with Crippen LogP contribution in [0.15, 0.2) is 28.8 Å².